The van der Waals surface area contributed by atoms with Gasteiger partial charge in [0.2, 0.25) is 5.91 Å². The van der Waals surface area contributed by atoms with E-state index in [9.17, 15) is 19.8 Å². The van der Waals surface area contributed by atoms with Crippen LogP contribution in [0.3, 0.4) is 0 Å². The minimum Gasteiger partial charge on any atom is -0.477 e. The number of carbonyl (C=O) groups excluding carboxylic acids is 1. The normalized spacial score (nSPS) is 27.0. The first kappa shape index (κ1) is 16.9. The van der Waals surface area contributed by atoms with Crippen LogP contribution in [0, 0.1) is 11.8 Å². The summed E-state index contributed by atoms with van der Waals surface area (Å²) >= 11 is 1.45. The van der Waals surface area contributed by atoms with Crippen LogP contribution in [0.4, 0.5) is 0 Å². The third-order valence-electron chi connectivity index (χ3n) is 4.57. The maximum absolute atomic E-state index is 12.2. The van der Waals surface area contributed by atoms with Gasteiger partial charge in [0.25, 0.3) is 0 Å². The third-order valence-corrected chi connectivity index (χ3v) is 5.85. The van der Waals surface area contributed by atoms with Crippen molar-refractivity contribution in [1.29, 1.82) is 0 Å². The second-order valence-corrected chi connectivity index (χ2v) is 7.21. The summed E-state index contributed by atoms with van der Waals surface area (Å²) in [5.41, 5.74) is 0.962. The lowest BCUT2D eigenvalue weighted by molar-refractivity contribution is -0.163. The Balaban J connectivity index is 1.76. The summed E-state index contributed by atoms with van der Waals surface area (Å²) in [4.78, 5) is 34.0. The molecule has 0 saturated carbocycles. The molecule has 0 unspecified atom stereocenters. The predicted molar refractivity (Wildman–Crippen MR) is 87.8 cm³/mol. The van der Waals surface area contributed by atoms with Gasteiger partial charge in [-0.3, -0.25) is 4.79 Å². The largest absolute Gasteiger partial charge is 0.477 e. The maximum Gasteiger partial charge on any atom is 0.353 e. The Labute approximate surface area is 143 Å². The molecular weight excluding hydrogens is 330 g/mol. The monoisotopic (exact) mass is 349 g/mol. The van der Waals surface area contributed by atoms with Gasteiger partial charge in [-0.25, -0.2) is 14.8 Å². The van der Waals surface area contributed by atoms with Gasteiger partial charge in [-0.2, -0.15) is 0 Å². The van der Waals surface area contributed by atoms with Gasteiger partial charge in [0, 0.05) is 28.5 Å². The second kappa shape index (κ2) is 6.52. The number of aromatic nitrogens is 2. The molecule has 128 valence electrons. The molecule has 2 N–H and O–H groups in total. The van der Waals surface area contributed by atoms with Crippen LogP contribution in [0.25, 0.3) is 0 Å². The minimum atomic E-state index is -1.09. The molecule has 2 aliphatic rings. The first-order valence-corrected chi connectivity index (χ1v) is 8.78. The van der Waals surface area contributed by atoms with Crippen molar-refractivity contribution in [3.63, 3.8) is 0 Å². The lowest BCUT2D eigenvalue weighted by Crippen LogP contribution is -2.63. The molecular formula is C16H19N3O4S. The molecule has 1 aromatic rings. The smallest absolute Gasteiger partial charge is 0.353 e. The van der Waals surface area contributed by atoms with Crippen molar-refractivity contribution >= 4 is 23.6 Å². The van der Waals surface area contributed by atoms with E-state index in [4.69, 9.17) is 0 Å². The lowest BCUT2D eigenvalue weighted by Gasteiger charge is -2.46. The summed E-state index contributed by atoms with van der Waals surface area (Å²) in [6.07, 6.45) is 3.07. The van der Waals surface area contributed by atoms with Crippen LogP contribution in [0.1, 0.15) is 19.5 Å². The molecule has 24 heavy (non-hydrogen) atoms. The zero-order valence-electron chi connectivity index (χ0n) is 13.4. The third kappa shape index (κ3) is 2.69. The number of hydrogen-bond donors (Lipinski definition) is 2. The van der Waals surface area contributed by atoms with Crippen molar-refractivity contribution in [1.82, 2.24) is 14.9 Å². The number of hydrogen-bond acceptors (Lipinski definition) is 6. The van der Waals surface area contributed by atoms with Crippen molar-refractivity contribution in [3.8, 4) is 0 Å². The predicted octanol–water partition coefficient (Wildman–Crippen LogP) is 0.906. The molecule has 3 heterocycles. The minimum absolute atomic E-state index is 0.0714. The number of aliphatic carboxylic acids is 1. The fraction of sp³-hybridized carbons (Fsp3) is 0.500. The Morgan fingerprint density at radius 3 is 2.83 bits per heavy atom. The summed E-state index contributed by atoms with van der Waals surface area (Å²) in [6.45, 7) is 3.50. The first-order chi connectivity index (χ1) is 11.4. The van der Waals surface area contributed by atoms with Crippen LogP contribution in [0.15, 0.2) is 29.2 Å². The molecule has 0 spiro atoms. The Hall–Kier alpha value is -1.93. The summed E-state index contributed by atoms with van der Waals surface area (Å²) < 4.78 is 0. The summed E-state index contributed by atoms with van der Waals surface area (Å²) in [7, 11) is 0. The van der Waals surface area contributed by atoms with Gasteiger partial charge in [-0.05, 0) is 19.4 Å². The van der Waals surface area contributed by atoms with E-state index >= 15 is 0 Å². The topological polar surface area (TPSA) is 104 Å². The van der Waals surface area contributed by atoms with Crippen molar-refractivity contribution in [2.45, 2.75) is 32.4 Å². The summed E-state index contributed by atoms with van der Waals surface area (Å²) in [5, 5.41) is 19.3. The number of rotatable bonds is 6. The van der Waals surface area contributed by atoms with E-state index in [1.807, 2.05) is 13.0 Å². The maximum atomic E-state index is 12.2. The number of carbonyl (C=O) groups is 2. The van der Waals surface area contributed by atoms with Crippen LogP contribution in [-0.2, 0) is 16.0 Å². The van der Waals surface area contributed by atoms with Gasteiger partial charge in [0.15, 0.2) is 0 Å². The van der Waals surface area contributed by atoms with E-state index in [1.165, 1.54) is 23.0 Å². The van der Waals surface area contributed by atoms with Crippen molar-refractivity contribution in [2.75, 3.05) is 5.75 Å². The Kier molecular flexibility index (Phi) is 4.60. The van der Waals surface area contributed by atoms with Gasteiger partial charge < -0.3 is 15.1 Å². The number of carboxylic acids is 1. The molecule has 0 radical (unpaired) electrons. The van der Waals surface area contributed by atoms with E-state index in [1.54, 1.807) is 13.1 Å². The standard InChI is InChI=1S/C16H19N3O4S/c1-8-12-11(9(2)20)15(21)19(12)13(16(22)23)14(8)24-6-4-10-3-5-17-7-18-10/h3,5,7-9,11-12,20H,4,6H2,1-2H3,(H,22,23)/t8-,9-,11-,12-/m1/s1. The van der Waals surface area contributed by atoms with Gasteiger partial charge in [-0.1, -0.05) is 6.92 Å². The highest BCUT2D eigenvalue weighted by Crippen LogP contribution is 2.50. The van der Waals surface area contributed by atoms with Crippen molar-refractivity contribution in [2.24, 2.45) is 11.8 Å². The van der Waals surface area contributed by atoms with Crippen molar-refractivity contribution < 1.29 is 19.8 Å². The molecule has 1 aromatic heterocycles. The van der Waals surface area contributed by atoms with Crippen molar-refractivity contribution in [3.05, 3.63) is 34.9 Å². The van der Waals surface area contributed by atoms with E-state index < -0.39 is 18.0 Å². The highest BCUT2D eigenvalue weighted by Gasteiger charge is 2.59. The molecule has 2 aliphatic heterocycles. The Bertz CT molecular complexity index is 692. The number of aliphatic hydroxyl groups is 1. The van der Waals surface area contributed by atoms with Gasteiger partial charge in [0.05, 0.1) is 18.1 Å². The number of carboxylic acid groups (broad SMARTS) is 1. The number of nitrogens with zero attached hydrogens (tertiary/aromatic N) is 3. The Morgan fingerprint density at radius 2 is 2.25 bits per heavy atom. The molecule has 4 atom stereocenters. The molecule has 1 saturated heterocycles. The van der Waals surface area contributed by atoms with E-state index in [0.717, 1.165) is 5.69 Å². The van der Waals surface area contributed by atoms with Crippen LogP contribution >= 0.6 is 11.8 Å². The zero-order valence-corrected chi connectivity index (χ0v) is 14.2. The highest BCUT2D eigenvalue weighted by molar-refractivity contribution is 8.03. The van der Waals surface area contributed by atoms with E-state index in [-0.39, 0.29) is 23.6 Å². The number of aryl methyl sites for hydroxylation is 1. The molecule has 3 rings (SSSR count). The Morgan fingerprint density at radius 1 is 1.50 bits per heavy atom. The van der Waals surface area contributed by atoms with Gasteiger partial charge in [0.1, 0.15) is 12.0 Å². The number of amides is 1. The molecule has 7 nitrogen and oxygen atoms in total. The van der Waals surface area contributed by atoms with E-state index in [2.05, 4.69) is 9.97 Å². The molecule has 0 aromatic carbocycles. The fourth-order valence-electron chi connectivity index (χ4n) is 3.45. The summed E-state index contributed by atoms with van der Waals surface area (Å²) in [5.74, 6) is -1.34. The number of fused-ring (bicyclic) bond motifs is 1. The fourth-order valence-corrected chi connectivity index (χ4v) is 4.70. The van der Waals surface area contributed by atoms with Crippen LogP contribution in [0.2, 0.25) is 0 Å². The van der Waals surface area contributed by atoms with Gasteiger partial charge >= 0.3 is 5.97 Å². The highest BCUT2D eigenvalue weighted by atomic mass is 32.2. The van der Waals surface area contributed by atoms with Crippen LogP contribution < -0.4 is 0 Å². The van der Waals surface area contributed by atoms with Gasteiger partial charge in [-0.15, -0.1) is 11.8 Å². The molecule has 1 fully saturated rings. The second-order valence-electron chi connectivity index (χ2n) is 6.07. The number of aliphatic hydroxyl groups excluding tert-OH is 1. The number of thioether (sulfide) groups is 1. The lowest BCUT2D eigenvalue weighted by atomic mass is 9.79. The van der Waals surface area contributed by atoms with Crippen LogP contribution in [0.5, 0.6) is 0 Å². The zero-order chi connectivity index (χ0) is 17.4. The quantitative estimate of drug-likeness (QED) is 0.736. The SMILES string of the molecule is C[C@@H](O)[C@H]1C(=O)N2C(C(=O)O)=C(SCCc3ccncn3)[C@H](C)[C@H]12. The van der Waals surface area contributed by atoms with Crippen LogP contribution in [-0.4, -0.2) is 54.9 Å². The molecule has 8 heteroatoms. The molecule has 0 bridgehead atoms. The number of β-lactam (4-membered cyclic amide) rings is 1. The average molecular weight is 349 g/mol. The first-order valence-electron chi connectivity index (χ1n) is 7.79. The average Bonchev–Trinajstić information content (AvgIpc) is 2.78. The summed E-state index contributed by atoms with van der Waals surface area (Å²) in [6, 6.07) is 1.57. The van der Waals surface area contributed by atoms with E-state index in [0.29, 0.717) is 17.1 Å². The molecule has 0 aliphatic carbocycles. The molecule has 1 amide bonds.